The zero-order valence-electron chi connectivity index (χ0n) is 15.5. The minimum absolute atomic E-state index is 0.0846. The van der Waals surface area contributed by atoms with Crippen molar-refractivity contribution in [2.24, 2.45) is 0 Å². The Bertz CT molecular complexity index is 1080. The fourth-order valence-electron chi connectivity index (χ4n) is 2.81. The number of amides is 1. The van der Waals surface area contributed by atoms with Crippen LogP contribution in [0, 0.1) is 0 Å². The number of halogens is 5. The summed E-state index contributed by atoms with van der Waals surface area (Å²) in [5.74, 6) is -5.47. The van der Waals surface area contributed by atoms with Crippen molar-refractivity contribution in [3.05, 3.63) is 54.4 Å². The van der Waals surface area contributed by atoms with Gasteiger partial charge in [-0.25, -0.2) is 18.6 Å². The molecule has 162 valence electrons. The largest absolute Gasteiger partial charge is 0.455 e. The Morgan fingerprint density at radius 3 is 2.42 bits per heavy atom. The molecule has 1 saturated heterocycles. The molecule has 31 heavy (non-hydrogen) atoms. The van der Waals surface area contributed by atoms with Crippen molar-refractivity contribution in [3.63, 3.8) is 0 Å². The van der Waals surface area contributed by atoms with E-state index in [1.165, 1.54) is 29.2 Å². The summed E-state index contributed by atoms with van der Waals surface area (Å²) in [7, 11) is 0. The van der Waals surface area contributed by atoms with Crippen molar-refractivity contribution in [1.29, 1.82) is 0 Å². The van der Waals surface area contributed by atoms with Crippen LogP contribution in [0.25, 0.3) is 11.5 Å². The van der Waals surface area contributed by atoms with Gasteiger partial charge in [-0.3, -0.25) is 5.32 Å². The summed E-state index contributed by atoms with van der Waals surface area (Å²) in [6.07, 6.45) is -5.04. The standard InChI is InChI=1S/C19H13F5N4O3/c20-18(21)9-28(10-18)13-7-6-12(8-25-13)26-17(29)31-16-14(19(22,23)24)30-15(27-16)11-4-2-1-3-5-11/h1-8H,9-10H2,(H,26,29). The maximum Gasteiger partial charge on any atom is 0.455 e. The number of nitrogens with zero attached hydrogens (tertiary/aromatic N) is 3. The van der Waals surface area contributed by atoms with E-state index < -0.39 is 42.9 Å². The van der Waals surface area contributed by atoms with Crippen molar-refractivity contribution in [3.8, 4) is 17.3 Å². The molecule has 2 aromatic heterocycles. The summed E-state index contributed by atoms with van der Waals surface area (Å²) in [5.41, 5.74) is 0.348. The van der Waals surface area contributed by atoms with Crippen molar-refractivity contribution < 1.29 is 35.9 Å². The Morgan fingerprint density at radius 1 is 1.13 bits per heavy atom. The number of hydrogen-bond acceptors (Lipinski definition) is 6. The maximum atomic E-state index is 13.3. The highest BCUT2D eigenvalue weighted by atomic mass is 19.4. The van der Waals surface area contributed by atoms with Crippen molar-refractivity contribution >= 4 is 17.6 Å². The molecule has 0 radical (unpaired) electrons. The smallest absolute Gasteiger partial charge is 0.428 e. The number of aromatic nitrogens is 2. The Labute approximate surface area is 171 Å². The highest BCUT2D eigenvalue weighted by Crippen LogP contribution is 2.39. The van der Waals surface area contributed by atoms with Crippen LogP contribution in [0.4, 0.5) is 38.3 Å². The monoisotopic (exact) mass is 440 g/mol. The molecule has 3 aromatic rings. The molecule has 0 bridgehead atoms. The Balaban J connectivity index is 1.46. The third-order valence-electron chi connectivity index (χ3n) is 4.23. The predicted octanol–water partition coefficient (Wildman–Crippen LogP) is 4.82. The molecular formula is C19H13F5N4O3. The van der Waals surface area contributed by atoms with E-state index in [-0.39, 0.29) is 23.0 Å². The molecule has 0 atom stereocenters. The molecule has 1 fully saturated rings. The van der Waals surface area contributed by atoms with Gasteiger partial charge in [0.05, 0.1) is 25.0 Å². The minimum atomic E-state index is -4.95. The number of anilines is 2. The quantitative estimate of drug-likeness (QED) is 0.586. The number of oxazole rings is 1. The van der Waals surface area contributed by atoms with Gasteiger partial charge >= 0.3 is 12.3 Å². The lowest BCUT2D eigenvalue weighted by Gasteiger charge is -2.39. The summed E-state index contributed by atoms with van der Waals surface area (Å²) in [4.78, 5) is 21.0. The number of benzene rings is 1. The van der Waals surface area contributed by atoms with Crippen LogP contribution in [-0.2, 0) is 6.18 Å². The molecular weight excluding hydrogens is 427 g/mol. The van der Waals surface area contributed by atoms with Gasteiger partial charge in [0.2, 0.25) is 5.89 Å². The van der Waals surface area contributed by atoms with Crippen LogP contribution in [0.15, 0.2) is 53.1 Å². The maximum absolute atomic E-state index is 13.3. The van der Waals surface area contributed by atoms with Gasteiger partial charge in [0.1, 0.15) is 5.82 Å². The average molecular weight is 440 g/mol. The second-order valence-electron chi connectivity index (χ2n) is 6.65. The molecule has 1 aliphatic heterocycles. The van der Waals surface area contributed by atoms with E-state index in [0.29, 0.717) is 0 Å². The van der Waals surface area contributed by atoms with E-state index >= 15 is 0 Å². The normalized spacial score (nSPS) is 15.3. The van der Waals surface area contributed by atoms with Crippen molar-refractivity contribution in [1.82, 2.24) is 9.97 Å². The van der Waals surface area contributed by atoms with E-state index in [1.807, 2.05) is 0 Å². The molecule has 12 heteroatoms. The first-order valence-corrected chi connectivity index (χ1v) is 8.82. The highest BCUT2D eigenvalue weighted by molar-refractivity contribution is 5.86. The fourth-order valence-corrected chi connectivity index (χ4v) is 2.81. The average Bonchev–Trinajstić information content (AvgIpc) is 3.11. The number of carbonyl (C=O) groups excluding carboxylic acids is 1. The molecule has 3 heterocycles. The van der Waals surface area contributed by atoms with E-state index in [1.54, 1.807) is 18.2 Å². The number of carbonyl (C=O) groups is 1. The lowest BCUT2D eigenvalue weighted by Crippen LogP contribution is -2.56. The van der Waals surface area contributed by atoms with Crippen LogP contribution >= 0.6 is 0 Å². The predicted molar refractivity (Wildman–Crippen MR) is 98.0 cm³/mol. The molecule has 0 spiro atoms. The van der Waals surface area contributed by atoms with Gasteiger partial charge in [-0.05, 0) is 24.3 Å². The fraction of sp³-hybridized carbons (Fsp3) is 0.211. The third kappa shape index (κ3) is 4.57. The van der Waals surface area contributed by atoms with Gasteiger partial charge < -0.3 is 14.1 Å². The summed E-state index contributed by atoms with van der Waals surface area (Å²) in [6, 6.07) is 10.5. The molecule has 1 amide bonds. The molecule has 1 N–H and O–H groups in total. The molecule has 1 aliphatic rings. The molecule has 0 aliphatic carbocycles. The second kappa shape index (κ2) is 7.52. The zero-order valence-corrected chi connectivity index (χ0v) is 15.5. The van der Waals surface area contributed by atoms with E-state index in [2.05, 4.69) is 15.3 Å². The first kappa shape index (κ1) is 20.6. The van der Waals surface area contributed by atoms with Crippen LogP contribution in [0.1, 0.15) is 5.76 Å². The lowest BCUT2D eigenvalue weighted by molar-refractivity contribution is -0.153. The SMILES string of the molecule is O=C(Nc1ccc(N2CC(F)(F)C2)nc1)Oc1nc(-c2ccccc2)oc1C(F)(F)F. The molecule has 4 rings (SSSR count). The van der Waals surface area contributed by atoms with E-state index in [0.717, 1.165) is 6.20 Å². The first-order valence-electron chi connectivity index (χ1n) is 8.82. The van der Waals surface area contributed by atoms with Crippen LogP contribution in [0.3, 0.4) is 0 Å². The number of hydrogen-bond donors (Lipinski definition) is 1. The summed E-state index contributed by atoms with van der Waals surface area (Å²) < 4.78 is 75.1. The van der Waals surface area contributed by atoms with Gasteiger partial charge in [-0.2, -0.15) is 18.2 Å². The molecule has 0 saturated carbocycles. The topological polar surface area (TPSA) is 80.5 Å². The van der Waals surface area contributed by atoms with Crippen molar-refractivity contribution in [2.45, 2.75) is 12.1 Å². The molecule has 0 unspecified atom stereocenters. The number of ether oxygens (including phenoxy) is 1. The van der Waals surface area contributed by atoms with Gasteiger partial charge in [0.15, 0.2) is 0 Å². The van der Waals surface area contributed by atoms with Gasteiger partial charge in [-0.1, -0.05) is 18.2 Å². The Hall–Kier alpha value is -3.70. The van der Waals surface area contributed by atoms with Gasteiger partial charge in [0, 0.05) is 5.56 Å². The number of nitrogens with one attached hydrogen (secondary N) is 1. The molecule has 1 aromatic carbocycles. The van der Waals surface area contributed by atoms with Gasteiger partial charge in [-0.15, -0.1) is 0 Å². The van der Waals surface area contributed by atoms with Crippen LogP contribution in [0.2, 0.25) is 0 Å². The van der Waals surface area contributed by atoms with Crippen LogP contribution in [-0.4, -0.2) is 35.1 Å². The minimum Gasteiger partial charge on any atom is -0.428 e. The third-order valence-corrected chi connectivity index (χ3v) is 4.23. The summed E-state index contributed by atoms with van der Waals surface area (Å²) >= 11 is 0. The number of alkyl halides is 5. The van der Waals surface area contributed by atoms with E-state index in [4.69, 9.17) is 9.15 Å². The highest BCUT2D eigenvalue weighted by Gasteiger charge is 2.44. The zero-order chi connectivity index (χ0) is 22.2. The number of rotatable bonds is 4. The van der Waals surface area contributed by atoms with Crippen LogP contribution < -0.4 is 15.0 Å². The first-order chi connectivity index (χ1) is 14.6. The van der Waals surface area contributed by atoms with Crippen LogP contribution in [0.5, 0.6) is 5.88 Å². The number of pyridine rings is 1. The summed E-state index contributed by atoms with van der Waals surface area (Å²) in [6.45, 7) is -0.935. The Morgan fingerprint density at radius 2 is 1.84 bits per heavy atom. The van der Waals surface area contributed by atoms with Gasteiger partial charge in [0.25, 0.3) is 17.6 Å². The van der Waals surface area contributed by atoms with E-state index in [9.17, 15) is 26.7 Å². The van der Waals surface area contributed by atoms with Crippen molar-refractivity contribution in [2.75, 3.05) is 23.3 Å². The lowest BCUT2D eigenvalue weighted by atomic mass is 10.1. The molecule has 7 nitrogen and oxygen atoms in total. The summed E-state index contributed by atoms with van der Waals surface area (Å²) in [5, 5.41) is 2.20. The second-order valence-corrected chi connectivity index (χ2v) is 6.65. The Kier molecular flexibility index (Phi) is 4.99.